The molecule has 3 rings (SSSR count). The van der Waals surface area contributed by atoms with Crippen LogP contribution in [0, 0.1) is 13.8 Å². The number of aromatic nitrogens is 3. The molecular formula is C22H25N5O4. The molecule has 1 heterocycles. The van der Waals surface area contributed by atoms with Crippen LogP contribution in [-0.2, 0) is 16.1 Å². The van der Waals surface area contributed by atoms with E-state index in [0.29, 0.717) is 11.4 Å². The van der Waals surface area contributed by atoms with Crippen LogP contribution in [0.3, 0.4) is 0 Å². The average Bonchev–Trinajstić information content (AvgIpc) is 2.75. The highest BCUT2D eigenvalue weighted by molar-refractivity contribution is 5.69. The summed E-state index contributed by atoms with van der Waals surface area (Å²) in [6, 6.07) is 13.2. The zero-order valence-electron chi connectivity index (χ0n) is 17.7. The van der Waals surface area contributed by atoms with Gasteiger partial charge in [-0.25, -0.2) is 0 Å². The van der Waals surface area contributed by atoms with Crippen LogP contribution in [0.4, 0.5) is 17.6 Å². The van der Waals surface area contributed by atoms with Crippen molar-refractivity contribution in [2.45, 2.75) is 26.9 Å². The van der Waals surface area contributed by atoms with Crippen LogP contribution < -0.4 is 20.5 Å². The molecule has 1 aromatic heterocycles. The van der Waals surface area contributed by atoms with Gasteiger partial charge < -0.3 is 25.3 Å². The maximum Gasteiger partial charge on any atom is 0.309 e. The van der Waals surface area contributed by atoms with Gasteiger partial charge >= 0.3 is 5.97 Å². The average molecular weight is 423 g/mol. The van der Waals surface area contributed by atoms with Crippen LogP contribution in [0.15, 0.2) is 42.5 Å². The Morgan fingerprint density at radius 3 is 2.68 bits per heavy atom. The van der Waals surface area contributed by atoms with E-state index in [1.165, 1.54) is 0 Å². The van der Waals surface area contributed by atoms with Crippen LogP contribution in [0.1, 0.15) is 23.4 Å². The number of rotatable bonds is 9. The molecule has 0 radical (unpaired) electrons. The Labute approximate surface area is 180 Å². The summed E-state index contributed by atoms with van der Waals surface area (Å²) in [5.74, 6) is 1.42. The second-order valence-corrected chi connectivity index (χ2v) is 6.79. The molecular weight excluding hydrogens is 398 g/mol. The molecule has 0 saturated heterocycles. The molecule has 3 N–H and O–H groups in total. The van der Waals surface area contributed by atoms with E-state index in [1.54, 1.807) is 13.2 Å². The Morgan fingerprint density at radius 2 is 1.87 bits per heavy atom. The number of nitrogens with zero attached hydrogens (tertiary/aromatic N) is 3. The largest absolute Gasteiger partial charge is 0.495 e. The van der Waals surface area contributed by atoms with Gasteiger partial charge in [0.2, 0.25) is 11.9 Å². The van der Waals surface area contributed by atoms with Crippen LogP contribution in [0.2, 0.25) is 0 Å². The number of benzene rings is 2. The van der Waals surface area contributed by atoms with Gasteiger partial charge in [0.15, 0.2) is 12.4 Å². The Kier molecular flexibility index (Phi) is 7.21. The smallest absolute Gasteiger partial charge is 0.309 e. The molecule has 162 valence electrons. The maximum atomic E-state index is 12.1. The number of carbonyl (C=O) groups is 1. The third kappa shape index (κ3) is 6.30. The van der Waals surface area contributed by atoms with Crippen molar-refractivity contribution in [3.63, 3.8) is 0 Å². The quantitative estimate of drug-likeness (QED) is 0.499. The van der Waals surface area contributed by atoms with Crippen LogP contribution in [0.25, 0.3) is 0 Å². The lowest BCUT2D eigenvalue weighted by Gasteiger charge is -2.11. The van der Waals surface area contributed by atoms with Crippen molar-refractivity contribution in [1.82, 2.24) is 15.0 Å². The summed E-state index contributed by atoms with van der Waals surface area (Å²) in [5.41, 5.74) is 8.54. The van der Waals surface area contributed by atoms with Crippen molar-refractivity contribution in [3.8, 4) is 11.5 Å². The van der Waals surface area contributed by atoms with E-state index < -0.39 is 5.97 Å². The first-order valence-corrected chi connectivity index (χ1v) is 9.70. The summed E-state index contributed by atoms with van der Waals surface area (Å²) in [5, 5.41) is 3.03. The zero-order chi connectivity index (χ0) is 22.2. The van der Waals surface area contributed by atoms with Crippen molar-refractivity contribution in [2.24, 2.45) is 0 Å². The number of nitrogens with one attached hydrogen (secondary N) is 1. The molecule has 9 heteroatoms. The maximum absolute atomic E-state index is 12.1. The van der Waals surface area contributed by atoms with Crippen molar-refractivity contribution >= 4 is 23.6 Å². The van der Waals surface area contributed by atoms with Gasteiger partial charge in [0.25, 0.3) is 0 Å². The number of esters is 1. The molecule has 0 amide bonds. The summed E-state index contributed by atoms with van der Waals surface area (Å²) in [6.07, 6.45) is 0.0975. The van der Waals surface area contributed by atoms with Gasteiger partial charge in [-0.3, -0.25) is 4.79 Å². The first-order valence-electron chi connectivity index (χ1n) is 9.70. The monoisotopic (exact) mass is 423 g/mol. The van der Waals surface area contributed by atoms with Gasteiger partial charge in [0.1, 0.15) is 11.5 Å². The Hall–Kier alpha value is -3.88. The molecule has 0 saturated carbocycles. The highest BCUT2D eigenvalue weighted by atomic mass is 16.5. The van der Waals surface area contributed by atoms with Gasteiger partial charge in [-0.05, 0) is 43.2 Å². The fourth-order valence-corrected chi connectivity index (χ4v) is 2.75. The molecule has 0 bridgehead atoms. The molecule has 0 atom stereocenters. The van der Waals surface area contributed by atoms with E-state index in [2.05, 4.69) is 20.3 Å². The molecule has 0 fully saturated rings. The third-order valence-corrected chi connectivity index (χ3v) is 4.32. The topological polar surface area (TPSA) is 121 Å². The van der Waals surface area contributed by atoms with Gasteiger partial charge in [-0.15, -0.1) is 0 Å². The second-order valence-electron chi connectivity index (χ2n) is 6.79. The van der Waals surface area contributed by atoms with Gasteiger partial charge in [0, 0.05) is 0 Å². The number of anilines is 3. The van der Waals surface area contributed by atoms with E-state index >= 15 is 0 Å². The minimum Gasteiger partial charge on any atom is -0.495 e. The van der Waals surface area contributed by atoms with E-state index in [1.807, 2.05) is 50.2 Å². The standard InChI is InChI=1S/C22H25N5O4/c1-14-8-9-15(2)18(12-14)30-11-10-20(28)31-13-19-25-21(23)27-22(26-19)24-16-6-4-5-7-17(16)29-3/h4-9,12H,10-11,13H2,1-3H3,(H3,23,24,25,26,27). The number of para-hydroxylation sites is 2. The Balaban J connectivity index is 1.54. The van der Waals surface area contributed by atoms with Crippen LogP contribution in [-0.4, -0.2) is 34.6 Å². The number of nitrogens with two attached hydrogens (primary N) is 1. The molecule has 9 nitrogen and oxygen atoms in total. The summed E-state index contributed by atoms with van der Waals surface area (Å²) in [7, 11) is 1.57. The van der Waals surface area contributed by atoms with E-state index in [9.17, 15) is 4.79 Å². The van der Waals surface area contributed by atoms with Crippen molar-refractivity contribution < 1.29 is 19.0 Å². The summed E-state index contributed by atoms with van der Waals surface area (Å²) >= 11 is 0. The van der Waals surface area contributed by atoms with Crippen molar-refractivity contribution in [1.29, 1.82) is 0 Å². The van der Waals surface area contributed by atoms with Crippen LogP contribution >= 0.6 is 0 Å². The molecule has 3 aromatic rings. The molecule has 2 aromatic carbocycles. The number of nitrogen functional groups attached to an aromatic ring is 1. The fraction of sp³-hybridized carbons (Fsp3) is 0.273. The van der Waals surface area contributed by atoms with Gasteiger partial charge in [-0.1, -0.05) is 24.3 Å². The zero-order valence-corrected chi connectivity index (χ0v) is 17.7. The van der Waals surface area contributed by atoms with Gasteiger partial charge in [0.05, 0.1) is 25.8 Å². The van der Waals surface area contributed by atoms with Crippen molar-refractivity contribution in [3.05, 3.63) is 59.4 Å². The summed E-state index contributed by atoms with van der Waals surface area (Å²) < 4.78 is 16.2. The number of methoxy groups -OCH3 is 1. The Bertz CT molecular complexity index is 1060. The molecule has 31 heavy (non-hydrogen) atoms. The lowest BCUT2D eigenvalue weighted by molar-refractivity contribution is -0.145. The van der Waals surface area contributed by atoms with Gasteiger partial charge in [-0.2, -0.15) is 15.0 Å². The number of hydrogen-bond acceptors (Lipinski definition) is 9. The molecule has 0 aliphatic carbocycles. The minimum absolute atomic E-state index is 0.0108. The van der Waals surface area contributed by atoms with Crippen LogP contribution in [0.5, 0.6) is 11.5 Å². The SMILES string of the molecule is COc1ccccc1Nc1nc(N)nc(COC(=O)CCOc2cc(C)ccc2C)n1. The summed E-state index contributed by atoms with van der Waals surface area (Å²) in [6.45, 7) is 4.02. The fourth-order valence-electron chi connectivity index (χ4n) is 2.75. The molecule has 0 unspecified atom stereocenters. The summed E-state index contributed by atoms with van der Waals surface area (Å²) in [4.78, 5) is 24.4. The number of aryl methyl sites for hydroxylation is 2. The first kappa shape index (κ1) is 21.8. The predicted molar refractivity (Wildman–Crippen MR) is 116 cm³/mol. The highest BCUT2D eigenvalue weighted by Crippen LogP contribution is 2.25. The number of hydrogen-bond donors (Lipinski definition) is 2. The van der Waals surface area contributed by atoms with E-state index in [-0.39, 0.29) is 37.4 Å². The van der Waals surface area contributed by atoms with Crippen molar-refractivity contribution in [2.75, 3.05) is 24.8 Å². The lowest BCUT2D eigenvalue weighted by atomic mass is 10.1. The first-order chi connectivity index (χ1) is 14.9. The molecule has 0 aliphatic heterocycles. The van der Waals surface area contributed by atoms with E-state index in [0.717, 1.165) is 16.9 Å². The third-order valence-electron chi connectivity index (χ3n) is 4.32. The number of ether oxygens (including phenoxy) is 3. The predicted octanol–water partition coefficient (Wildman–Crippen LogP) is 3.34. The molecule has 0 spiro atoms. The van der Waals surface area contributed by atoms with E-state index in [4.69, 9.17) is 19.9 Å². The normalized spacial score (nSPS) is 10.4. The minimum atomic E-state index is -0.427. The second kappa shape index (κ2) is 10.2. The highest BCUT2D eigenvalue weighted by Gasteiger charge is 2.11. The molecule has 0 aliphatic rings. The lowest BCUT2D eigenvalue weighted by Crippen LogP contribution is -2.13. The Morgan fingerprint density at radius 1 is 1.06 bits per heavy atom. The number of carbonyl (C=O) groups excluding carboxylic acids is 1.